The summed E-state index contributed by atoms with van der Waals surface area (Å²) in [7, 11) is 0. The Bertz CT molecular complexity index is 646. The lowest BCUT2D eigenvalue weighted by Crippen LogP contribution is -2.31. The molecule has 2 N–H and O–H groups in total. The van der Waals surface area contributed by atoms with Gasteiger partial charge in [-0.25, -0.2) is 4.79 Å². The smallest absolute Gasteiger partial charge is 0.330 e. The number of ether oxygens (including phenoxy) is 1. The number of aliphatic hydroxyl groups is 1. The lowest BCUT2D eigenvalue weighted by Gasteiger charge is -2.07. The van der Waals surface area contributed by atoms with Gasteiger partial charge in [-0.3, -0.25) is 14.3 Å². The highest BCUT2D eigenvalue weighted by atomic mass is 16.5. The molecule has 2 rings (SSSR count). The summed E-state index contributed by atoms with van der Waals surface area (Å²) < 4.78 is 6.32. The van der Waals surface area contributed by atoms with Gasteiger partial charge >= 0.3 is 5.69 Å². The molecule has 0 saturated heterocycles. The summed E-state index contributed by atoms with van der Waals surface area (Å²) >= 11 is 0. The fourth-order valence-electron chi connectivity index (χ4n) is 1.66. The zero-order valence-electron chi connectivity index (χ0n) is 10.2. The van der Waals surface area contributed by atoms with Gasteiger partial charge in [-0.2, -0.15) is 0 Å². The zero-order chi connectivity index (χ0) is 13.7. The van der Waals surface area contributed by atoms with Crippen molar-refractivity contribution in [3.63, 3.8) is 0 Å². The average molecular weight is 262 g/mol. The molecule has 0 fully saturated rings. The van der Waals surface area contributed by atoms with Crippen LogP contribution in [0, 0.1) is 0 Å². The second-order valence-corrected chi connectivity index (χ2v) is 3.90. The molecule has 0 amide bonds. The minimum absolute atomic E-state index is 0.0179. The fourth-order valence-corrected chi connectivity index (χ4v) is 1.66. The quantitative estimate of drug-likeness (QED) is 0.752. The van der Waals surface area contributed by atoms with Crippen molar-refractivity contribution in [2.24, 2.45) is 0 Å². The van der Waals surface area contributed by atoms with Crippen molar-refractivity contribution >= 4 is 0 Å². The normalized spacial score (nSPS) is 10.6. The Morgan fingerprint density at radius 3 is 2.63 bits per heavy atom. The monoisotopic (exact) mass is 262 g/mol. The van der Waals surface area contributed by atoms with E-state index in [0.717, 1.165) is 5.56 Å². The zero-order valence-corrected chi connectivity index (χ0v) is 10.2. The number of rotatable bonds is 5. The highest BCUT2D eigenvalue weighted by Gasteiger charge is 2.06. The predicted octanol–water partition coefficient (Wildman–Crippen LogP) is 0.170. The number of hydrogen-bond donors (Lipinski definition) is 2. The predicted molar refractivity (Wildman–Crippen MR) is 69.8 cm³/mol. The third-order valence-corrected chi connectivity index (χ3v) is 2.56. The van der Waals surface area contributed by atoms with E-state index in [4.69, 9.17) is 9.84 Å². The minimum atomic E-state index is -0.539. The van der Waals surface area contributed by atoms with Crippen LogP contribution in [0.5, 0.6) is 0 Å². The van der Waals surface area contributed by atoms with Crippen molar-refractivity contribution < 1.29 is 9.84 Å². The number of hydrogen-bond acceptors (Lipinski definition) is 4. The second kappa shape index (κ2) is 6.12. The molecule has 0 aliphatic carbocycles. The number of aromatic nitrogens is 2. The summed E-state index contributed by atoms with van der Waals surface area (Å²) in [5, 5.41) is 8.62. The Labute approximate surface area is 108 Å². The Morgan fingerprint density at radius 1 is 1.21 bits per heavy atom. The first kappa shape index (κ1) is 13.3. The maximum absolute atomic E-state index is 11.8. The van der Waals surface area contributed by atoms with Gasteiger partial charge in [0.1, 0.15) is 6.73 Å². The van der Waals surface area contributed by atoms with Gasteiger partial charge in [0.05, 0.1) is 18.8 Å². The Hall–Kier alpha value is -2.18. The summed E-state index contributed by atoms with van der Waals surface area (Å²) in [5.74, 6) is 0. The molecule has 0 radical (unpaired) electrons. The van der Waals surface area contributed by atoms with Gasteiger partial charge in [0.25, 0.3) is 5.56 Å². The second-order valence-electron chi connectivity index (χ2n) is 3.90. The molecule has 2 aromatic rings. The molecule has 0 bridgehead atoms. The molecule has 0 spiro atoms. The third-order valence-electron chi connectivity index (χ3n) is 2.56. The highest BCUT2D eigenvalue weighted by Crippen LogP contribution is 2.12. The SMILES string of the molecule is O=c1[nH]c(=O)n(COCCO)cc1-c1ccccc1. The van der Waals surface area contributed by atoms with Gasteiger partial charge in [0.2, 0.25) is 0 Å². The molecule has 0 atom stereocenters. The van der Waals surface area contributed by atoms with Crippen molar-refractivity contribution in [3.05, 3.63) is 57.4 Å². The molecule has 1 aromatic carbocycles. The van der Waals surface area contributed by atoms with Crippen LogP contribution < -0.4 is 11.2 Å². The van der Waals surface area contributed by atoms with Gasteiger partial charge in [0, 0.05) is 6.20 Å². The van der Waals surface area contributed by atoms with Crippen LogP contribution in [0.1, 0.15) is 0 Å². The molecule has 1 aromatic heterocycles. The van der Waals surface area contributed by atoms with Gasteiger partial charge < -0.3 is 9.84 Å². The Morgan fingerprint density at radius 2 is 1.95 bits per heavy atom. The third kappa shape index (κ3) is 3.18. The van der Waals surface area contributed by atoms with Crippen molar-refractivity contribution in [1.82, 2.24) is 9.55 Å². The minimum Gasteiger partial charge on any atom is -0.394 e. The van der Waals surface area contributed by atoms with Crippen LogP contribution in [0.4, 0.5) is 0 Å². The summed E-state index contributed by atoms with van der Waals surface area (Å²) in [4.78, 5) is 25.6. The van der Waals surface area contributed by atoms with Crippen molar-refractivity contribution in [2.75, 3.05) is 13.2 Å². The molecule has 6 nitrogen and oxygen atoms in total. The topological polar surface area (TPSA) is 84.3 Å². The largest absolute Gasteiger partial charge is 0.394 e. The summed E-state index contributed by atoms with van der Waals surface area (Å²) in [5.41, 5.74) is 0.143. The van der Waals surface area contributed by atoms with Crippen LogP contribution in [0.2, 0.25) is 0 Å². The number of H-pyrrole nitrogens is 1. The number of nitrogens with one attached hydrogen (secondary N) is 1. The van der Waals surface area contributed by atoms with Crippen molar-refractivity contribution in [3.8, 4) is 11.1 Å². The van der Waals surface area contributed by atoms with Crippen LogP contribution >= 0.6 is 0 Å². The molecular formula is C13H14N2O4. The van der Waals surface area contributed by atoms with Gasteiger partial charge in [-0.05, 0) is 5.56 Å². The van der Waals surface area contributed by atoms with E-state index in [0.29, 0.717) is 5.56 Å². The van der Waals surface area contributed by atoms with Crippen LogP contribution in [0.3, 0.4) is 0 Å². The van der Waals surface area contributed by atoms with E-state index in [-0.39, 0.29) is 19.9 Å². The van der Waals surface area contributed by atoms with E-state index in [2.05, 4.69) is 4.98 Å². The van der Waals surface area contributed by atoms with E-state index in [1.165, 1.54) is 10.8 Å². The van der Waals surface area contributed by atoms with E-state index < -0.39 is 11.2 Å². The molecule has 0 unspecified atom stereocenters. The van der Waals surface area contributed by atoms with Crippen LogP contribution in [-0.2, 0) is 11.5 Å². The number of aromatic amines is 1. The molecule has 1 heterocycles. The van der Waals surface area contributed by atoms with Gasteiger partial charge in [-0.1, -0.05) is 30.3 Å². The summed E-state index contributed by atoms with van der Waals surface area (Å²) in [6, 6.07) is 9.04. The van der Waals surface area contributed by atoms with E-state index in [1.54, 1.807) is 12.1 Å². The maximum Gasteiger partial charge on any atom is 0.330 e. The molecule has 100 valence electrons. The standard InChI is InChI=1S/C13H14N2O4/c16-6-7-19-9-15-8-11(12(17)14-13(15)18)10-4-2-1-3-5-10/h1-5,8,16H,6-7,9H2,(H,14,17,18). The van der Waals surface area contributed by atoms with Gasteiger partial charge in [0.15, 0.2) is 0 Å². The van der Waals surface area contributed by atoms with E-state index >= 15 is 0 Å². The van der Waals surface area contributed by atoms with Gasteiger partial charge in [-0.15, -0.1) is 0 Å². The highest BCUT2D eigenvalue weighted by molar-refractivity contribution is 5.60. The molecule has 19 heavy (non-hydrogen) atoms. The lowest BCUT2D eigenvalue weighted by atomic mass is 10.1. The van der Waals surface area contributed by atoms with Crippen LogP contribution in [0.25, 0.3) is 11.1 Å². The van der Waals surface area contributed by atoms with Crippen molar-refractivity contribution in [1.29, 1.82) is 0 Å². The first-order valence-electron chi connectivity index (χ1n) is 5.80. The average Bonchev–Trinajstić information content (AvgIpc) is 2.42. The fraction of sp³-hybridized carbons (Fsp3) is 0.231. The first-order valence-corrected chi connectivity index (χ1v) is 5.80. The van der Waals surface area contributed by atoms with E-state index in [1.807, 2.05) is 18.2 Å². The summed E-state index contributed by atoms with van der Waals surface area (Å²) in [6.07, 6.45) is 1.45. The van der Waals surface area contributed by atoms with Crippen molar-refractivity contribution in [2.45, 2.75) is 6.73 Å². The molecule has 0 aliphatic heterocycles. The maximum atomic E-state index is 11.8. The summed E-state index contributed by atoms with van der Waals surface area (Å²) in [6.45, 7) is -0.00805. The van der Waals surface area contributed by atoms with Crippen LogP contribution in [-0.4, -0.2) is 27.9 Å². The number of aliphatic hydroxyl groups excluding tert-OH is 1. The lowest BCUT2D eigenvalue weighted by molar-refractivity contribution is 0.0457. The molecular weight excluding hydrogens is 248 g/mol. The van der Waals surface area contributed by atoms with E-state index in [9.17, 15) is 9.59 Å². The molecule has 6 heteroatoms. The Kier molecular flexibility index (Phi) is 4.27. The molecule has 0 saturated carbocycles. The Balaban J connectivity index is 2.37. The number of nitrogens with zero attached hydrogens (tertiary/aromatic N) is 1. The van der Waals surface area contributed by atoms with Crippen LogP contribution in [0.15, 0.2) is 46.1 Å². The number of benzene rings is 1. The first-order chi connectivity index (χ1) is 9.22. The molecule has 0 aliphatic rings.